The number of halogens is 2. The summed E-state index contributed by atoms with van der Waals surface area (Å²) < 4.78 is 12.7. The van der Waals surface area contributed by atoms with E-state index < -0.39 is 0 Å². The first-order chi connectivity index (χ1) is 16.4. The summed E-state index contributed by atoms with van der Waals surface area (Å²) in [6.07, 6.45) is 7.38. The van der Waals surface area contributed by atoms with Crippen molar-refractivity contribution in [2.24, 2.45) is 0 Å². The van der Waals surface area contributed by atoms with Crippen molar-refractivity contribution in [2.45, 2.75) is 51.7 Å². The van der Waals surface area contributed by atoms with E-state index >= 15 is 0 Å². The van der Waals surface area contributed by atoms with E-state index in [1.165, 1.54) is 6.42 Å². The standard InChI is InChI=1S/C26H28BrClN2O3S/c1-3-32-23-15-18(13-21(27)24(23)33-16-17-8-7-9-19(28)12-17)14-22-25(31)30(26(34)29(22)2)20-10-5-4-6-11-20/h7-9,12-15,20H,3-6,10-11,16H2,1-2H3/b22-14-. The molecule has 4 rings (SSSR count). The first-order valence-electron chi connectivity index (χ1n) is 11.6. The number of amides is 1. The topological polar surface area (TPSA) is 42.0 Å². The van der Waals surface area contributed by atoms with Crippen molar-refractivity contribution >= 4 is 56.8 Å². The summed E-state index contributed by atoms with van der Waals surface area (Å²) in [7, 11) is 1.86. The third-order valence-corrected chi connectivity index (χ3v) is 7.43. The van der Waals surface area contributed by atoms with Crippen LogP contribution in [-0.2, 0) is 11.4 Å². The molecule has 5 nitrogen and oxygen atoms in total. The Balaban J connectivity index is 1.60. The Hall–Kier alpha value is -2.09. The molecule has 34 heavy (non-hydrogen) atoms. The molecule has 1 heterocycles. The van der Waals surface area contributed by atoms with E-state index in [1.807, 2.05) is 61.3 Å². The van der Waals surface area contributed by atoms with Gasteiger partial charge in [-0.15, -0.1) is 0 Å². The molecule has 1 saturated heterocycles. The van der Waals surface area contributed by atoms with Crippen molar-refractivity contribution < 1.29 is 14.3 Å². The molecule has 0 aromatic heterocycles. The molecule has 0 unspecified atom stereocenters. The number of likely N-dealkylation sites (N-methyl/N-ethyl adjacent to an activating group) is 1. The minimum Gasteiger partial charge on any atom is -0.490 e. The maximum atomic E-state index is 13.3. The molecule has 1 saturated carbocycles. The van der Waals surface area contributed by atoms with Gasteiger partial charge in [0.15, 0.2) is 16.6 Å². The summed E-state index contributed by atoms with van der Waals surface area (Å²) in [5, 5.41) is 1.24. The van der Waals surface area contributed by atoms with Crippen molar-refractivity contribution in [3.8, 4) is 11.5 Å². The highest BCUT2D eigenvalue weighted by Crippen LogP contribution is 2.39. The zero-order valence-corrected chi connectivity index (χ0v) is 22.5. The molecule has 1 aliphatic carbocycles. The van der Waals surface area contributed by atoms with Crippen molar-refractivity contribution in [3.63, 3.8) is 0 Å². The van der Waals surface area contributed by atoms with Gasteiger partial charge in [-0.3, -0.25) is 9.69 Å². The van der Waals surface area contributed by atoms with Crippen LogP contribution in [0, 0.1) is 0 Å². The molecule has 8 heteroatoms. The Morgan fingerprint density at radius 2 is 1.94 bits per heavy atom. The minimum atomic E-state index is -0.0326. The number of rotatable bonds is 7. The zero-order chi connectivity index (χ0) is 24.2. The third kappa shape index (κ3) is 5.42. The first-order valence-corrected chi connectivity index (χ1v) is 13.1. The van der Waals surface area contributed by atoms with Crippen molar-refractivity contribution in [3.05, 3.63) is 62.7 Å². The molecule has 2 fully saturated rings. The lowest BCUT2D eigenvalue weighted by molar-refractivity contribution is -0.124. The summed E-state index contributed by atoms with van der Waals surface area (Å²) in [5.41, 5.74) is 2.36. The highest BCUT2D eigenvalue weighted by atomic mass is 79.9. The molecular weight excluding hydrogens is 536 g/mol. The highest BCUT2D eigenvalue weighted by molar-refractivity contribution is 9.10. The van der Waals surface area contributed by atoms with Crippen LogP contribution in [0.1, 0.15) is 50.2 Å². The van der Waals surface area contributed by atoms with E-state index in [-0.39, 0.29) is 11.9 Å². The van der Waals surface area contributed by atoms with Crippen LogP contribution < -0.4 is 9.47 Å². The molecule has 2 aromatic rings. The van der Waals surface area contributed by atoms with E-state index in [0.717, 1.165) is 41.3 Å². The Morgan fingerprint density at radius 3 is 2.65 bits per heavy atom. The largest absolute Gasteiger partial charge is 0.490 e. The lowest BCUT2D eigenvalue weighted by Gasteiger charge is -2.30. The molecule has 2 aromatic carbocycles. The van der Waals surface area contributed by atoms with Crippen molar-refractivity contribution in [2.75, 3.05) is 13.7 Å². The van der Waals surface area contributed by atoms with Crippen molar-refractivity contribution in [1.29, 1.82) is 0 Å². The molecule has 0 atom stereocenters. The molecule has 180 valence electrons. The maximum Gasteiger partial charge on any atom is 0.277 e. The van der Waals surface area contributed by atoms with Crippen LogP contribution in [0.2, 0.25) is 5.02 Å². The van der Waals surface area contributed by atoms with Crippen LogP contribution in [0.4, 0.5) is 0 Å². The van der Waals surface area contributed by atoms with Gasteiger partial charge in [-0.05, 0) is 89.4 Å². The number of benzene rings is 2. The number of thiocarbonyl (C=S) groups is 1. The highest BCUT2D eigenvalue weighted by Gasteiger charge is 2.40. The van der Waals surface area contributed by atoms with Crippen LogP contribution in [0.5, 0.6) is 11.5 Å². The quantitative estimate of drug-likeness (QED) is 0.273. The maximum absolute atomic E-state index is 13.3. The average Bonchev–Trinajstić information content (AvgIpc) is 3.02. The molecule has 0 radical (unpaired) electrons. The van der Waals surface area contributed by atoms with E-state index in [9.17, 15) is 4.79 Å². The number of hydrogen-bond donors (Lipinski definition) is 0. The average molecular weight is 564 g/mol. The molecule has 0 N–H and O–H groups in total. The summed E-state index contributed by atoms with van der Waals surface area (Å²) in [6, 6.07) is 11.6. The van der Waals surface area contributed by atoms with E-state index in [4.69, 9.17) is 33.3 Å². The van der Waals surface area contributed by atoms with Crippen molar-refractivity contribution in [1.82, 2.24) is 9.80 Å². The molecule has 0 bridgehead atoms. The SMILES string of the molecule is CCOc1cc(/C=C2/C(=O)N(C3CCCCC3)C(=S)N2C)cc(Br)c1OCc1cccc(Cl)c1. The third-order valence-electron chi connectivity index (χ3n) is 6.14. The molecule has 1 aliphatic heterocycles. The Morgan fingerprint density at radius 1 is 1.18 bits per heavy atom. The second kappa shape index (κ2) is 11.1. The van der Waals surface area contributed by atoms with Gasteiger partial charge in [0, 0.05) is 18.1 Å². The summed E-state index contributed by atoms with van der Waals surface area (Å²) in [5.74, 6) is 1.18. The van der Waals surface area contributed by atoms with E-state index in [1.54, 1.807) is 4.90 Å². The fourth-order valence-electron chi connectivity index (χ4n) is 4.45. The van der Waals surface area contributed by atoms with Gasteiger partial charge in [0.25, 0.3) is 5.91 Å². The fourth-order valence-corrected chi connectivity index (χ4v) is 5.57. The summed E-state index contributed by atoms with van der Waals surface area (Å²) in [4.78, 5) is 16.9. The Kier molecular flexibility index (Phi) is 8.17. The second-order valence-corrected chi connectivity index (χ2v) is 10.2. The lowest BCUT2D eigenvalue weighted by atomic mass is 9.94. The predicted octanol–water partition coefficient (Wildman–Crippen LogP) is 6.81. The second-order valence-electron chi connectivity index (χ2n) is 8.52. The Bertz CT molecular complexity index is 1120. The van der Waals surface area contributed by atoms with E-state index in [2.05, 4.69) is 15.9 Å². The smallest absolute Gasteiger partial charge is 0.277 e. The number of hydrogen-bond acceptors (Lipinski definition) is 4. The molecule has 1 amide bonds. The fraction of sp³-hybridized carbons (Fsp3) is 0.385. The normalized spacial score (nSPS) is 18.2. The number of carbonyl (C=O) groups is 1. The predicted molar refractivity (Wildman–Crippen MR) is 143 cm³/mol. The van der Waals surface area contributed by atoms with Gasteiger partial charge in [0.05, 0.1) is 11.1 Å². The van der Waals surface area contributed by atoms with Gasteiger partial charge in [-0.1, -0.05) is 43.0 Å². The van der Waals surface area contributed by atoms with Crippen LogP contribution in [0.25, 0.3) is 6.08 Å². The monoisotopic (exact) mass is 562 g/mol. The molecular formula is C26H28BrClN2O3S. The van der Waals surface area contributed by atoms with Gasteiger partial charge < -0.3 is 14.4 Å². The van der Waals surface area contributed by atoms with Crippen LogP contribution >= 0.6 is 39.7 Å². The summed E-state index contributed by atoms with van der Waals surface area (Å²) in [6.45, 7) is 2.76. The zero-order valence-electron chi connectivity index (χ0n) is 19.4. The van der Waals surface area contributed by atoms with Gasteiger partial charge in [-0.25, -0.2) is 0 Å². The molecule has 0 spiro atoms. The summed E-state index contributed by atoms with van der Waals surface area (Å²) >= 11 is 15.4. The van der Waals surface area contributed by atoms with Gasteiger partial charge in [0.1, 0.15) is 12.3 Å². The van der Waals surface area contributed by atoms with Gasteiger partial charge >= 0.3 is 0 Å². The number of carbonyl (C=O) groups excluding carboxylic acids is 1. The van der Waals surface area contributed by atoms with Gasteiger partial charge in [-0.2, -0.15) is 0 Å². The lowest BCUT2D eigenvalue weighted by Crippen LogP contribution is -2.41. The number of nitrogens with zero attached hydrogens (tertiary/aromatic N) is 2. The first kappa shape index (κ1) is 25.0. The number of ether oxygens (including phenoxy) is 2. The van der Waals surface area contributed by atoms with E-state index in [0.29, 0.717) is 40.5 Å². The van der Waals surface area contributed by atoms with Crippen LogP contribution in [0.3, 0.4) is 0 Å². The molecule has 2 aliphatic rings. The minimum absolute atomic E-state index is 0.0326. The van der Waals surface area contributed by atoms with Crippen LogP contribution in [0.15, 0.2) is 46.6 Å². The van der Waals surface area contributed by atoms with Crippen LogP contribution in [-0.4, -0.2) is 40.5 Å². The Labute approximate surface area is 219 Å². The van der Waals surface area contributed by atoms with Gasteiger partial charge in [0.2, 0.25) is 0 Å².